The smallest absolute Gasteiger partial charge is 0.227 e. The summed E-state index contributed by atoms with van der Waals surface area (Å²) in [5.74, 6) is 1.79. The summed E-state index contributed by atoms with van der Waals surface area (Å²) in [7, 11) is 0. The van der Waals surface area contributed by atoms with Gasteiger partial charge in [0.05, 0.1) is 29.3 Å². The van der Waals surface area contributed by atoms with E-state index >= 15 is 0 Å². The molecular formula is C25H18N8O2. The number of rotatable bonds is 7. The van der Waals surface area contributed by atoms with Gasteiger partial charge < -0.3 is 14.5 Å². The molecule has 0 amide bonds. The fourth-order valence-corrected chi connectivity index (χ4v) is 3.65. The van der Waals surface area contributed by atoms with Crippen molar-refractivity contribution in [2.75, 3.05) is 5.32 Å². The molecule has 4 heterocycles. The van der Waals surface area contributed by atoms with Gasteiger partial charge in [-0.3, -0.25) is 15.1 Å². The predicted molar refractivity (Wildman–Crippen MR) is 129 cm³/mol. The zero-order valence-corrected chi connectivity index (χ0v) is 18.3. The minimum Gasteiger partial charge on any atom is -0.486 e. The zero-order valence-electron chi connectivity index (χ0n) is 18.3. The predicted octanol–water partition coefficient (Wildman–Crippen LogP) is 4.79. The minimum absolute atomic E-state index is 0.269. The maximum absolute atomic E-state index is 6.12. The molecular weight excluding hydrogens is 444 g/mol. The topological polar surface area (TPSA) is 128 Å². The molecule has 0 saturated carbocycles. The zero-order chi connectivity index (χ0) is 23.5. The second kappa shape index (κ2) is 9.02. The Morgan fingerprint density at radius 3 is 2.77 bits per heavy atom. The van der Waals surface area contributed by atoms with Gasteiger partial charge in [-0.1, -0.05) is 12.1 Å². The van der Waals surface area contributed by atoms with Gasteiger partial charge in [0.2, 0.25) is 5.95 Å². The van der Waals surface area contributed by atoms with Crippen LogP contribution >= 0.6 is 0 Å². The highest BCUT2D eigenvalue weighted by Gasteiger charge is 2.13. The summed E-state index contributed by atoms with van der Waals surface area (Å²) in [6, 6.07) is 13.5. The van der Waals surface area contributed by atoms with Crippen molar-refractivity contribution in [3.05, 3.63) is 91.7 Å². The van der Waals surface area contributed by atoms with Crippen LogP contribution in [0.3, 0.4) is 0 Å². The van der Waals surface area contributed by atoms with Crippen molar-refractivity contribution in [3.63, 3.8) is 0 Å². The van der Waals surface area contributed by atoms with Crippen LogP contribution in [-0.4, -0.2) is 35.1 Å². The Labute approximate surface area is 199 Å². The molecule has 10 nitrogen and oxygen atoms in total. The molecule has 0 radical (unpaired) electrons. The molecule has 0 atom stereocenters. The number of aromatic nitrogens is 7. The third-order valence-electron chi connectivity index (χ3n) is 5.30. The van der Waals surface area contributed by atoms with Crippen molar-refractivity contribution in [3.8, 4) is 28.3 Å². The van der Waals surface area contributed by atoms with Crippen LogP contribution in [0.5, 0.6) is 5.75 Å². The first-order valence-electron chi connectivity index (χ1n) is 10.8. The molecule has 0 bridgehead atoms. The quantitative estimate of drug-likeness (QED) is 0.344. The molecule has 0 aliphatic rings. The van der Waals surface area contributed by atoms with Crippen molar-refractivity contribution in [1.29, 1.82) is 0 Å². The van der Waals surface area contributed by atoms with E-state index in [1.54, 1.807) is 37.2 Å². The van der Waals surface area contributed by atoms with Crippen molar-refractivity contribution in [2.45, 2.75) is 6.61 Å². The highest BCUT2D eigenvalue weighted by Crippen LogP contribution is 2.33. The lowest BCUT2D eigenvalue weighted by Crippen LogP contribution is -2.01. The summed E-state index contributed by atoms with van der Waals surface area (Å²) in [6.45, 7) is 0.269. The Morgan fingerprint density at radius 1 is 0.943 bits per heavy atom. The van der Waals surface area contributed by atoms with E-state index < -0.39 is 0 Å². The molecule has 0 fully saturated rings. The Balaban J connectivity index is 1.33. The molecule has 170 valence electrons. The maximum Gasteiger partial charge on any atom is 0.227 e. The molecule has 0 aliphatic heterocycles. The summed E-state index contributed by atoms with van der Waals surface area (Å²) >= 11 is 0. The molecule has 0 spiro atoms. The third kappa shape index (κ3) is 4.40. The largest absolute Gasteiger partial charge is 0.486 e. The van der Waals surface area contributed by atoms with Gasteiger partial charge in [0.25, 0.3) is 0 Å². The van der Waals surface area contributed by atoms with Gasteiger partial charge >= 0.3 is 0 Å². The molecule has 4 aromatic heterocycles. The van der Waals surface area contributed by atoms with E-state index in [0.29, 0.717) is 17.5 Å². The minimum atomic E-state index is 0.269. The maximum atomic E-state index is 6.12. The SMILES string of the molecule is c1cc(Nc2ncc3cc(-c4ccn[nH]4)c(OCc4cnccn4)cc3n2)cc(-c2cnco2)c1. The average molecular weight is 462 g/mol. The fourth-order valence-electron chi connectivity index (χ4n) is 3.65. The monoisotopic (exact) mass is 462 g/mol. The summed E-state index contributed by atoms with van der Waals surface area (Å²) < 4.78 is 11.5. The Kier molecular flexibility index (Phi) is 5.28. The van der Waals surface area contributed by atoms with Crippen LogP contribution < -0.4 is 10.1 Å². The van der Waals surface area contributed by atoms with Gasteiger partial charge in [-0.2, -0.15) is 5.10 Å². The lowest BCUT2D eigenvalue weighted by molar-refractivity contribution is 0.302. The molecule has 2 aromatic carbocycles. The van der Waals surface area contributed by atoms with E-state index in [0.717, 1.165) is 39.1 Å². The lowest BCUT2D eigenvalue weighted by atomic mass is 10.1. The van der Waals surface area contributed by atoms with Gasteiger partial charge in [0, 0.05) is 53.1 Å². The molecule has 0 saturated heterocycles. The number of H-pyrrole nitrogens is 1. The van der Waals surface area contributed by atoms with E-state index in [-0.39, 0.29) is 6.61 Å². The normalized spacial score (nSPS) is 11.0. The number of fused-ring (bicyclic) bond motifs is 1. The van der Waals surface area contributed by atoms with Crippen LogP contribution in [0.4, 0.5) is 11.6 Å². The number of oxazole rings is 1. The highest BCUT2D eigenvalue weighted by atomic mass is 16.5. The van der Waals surface area contributed by atoms with Gasteiger partial charge in [-0.25, -0.2) is 15.0 Å². The van der Waals surface area contributed by atoms with Crippen molar-refractivity contribution in [1.82, 2.24) is 35.1 Å². The first-order valence-corrected chi connectivity index (χ1v) is 10.8. The molecule has 0 aliphatic carbocycles. The number of anilines is 2. The molecule has 2 N–H and O–H groups in total. The summed E-state index contributed by atoms with van der Waals surface area (Å²) in [5, 5.41) is 11.2. The fraction of sp³-hybridized carbons (Fsp3) is 0.0400. The van der Waals surface area contributed by atoms with Crippen LogP contribution in [-0.2, 0) is 6.61 Å². The van der Waals surface area contributed by atoms with E-state index in [1.807, 2.05) is 42.5 Å². The van der Waals surface area contributed by atoms with Crippen LogP contribution in [0.2, 0.25) is 0 Å². The van der Waals surface area contributed by atoms with E-state index in [1.165, 1.54) is 6.39 Å². The van der Waals surface area contributed by atoms with Gasteiger partial charge in [-0.15, -0.1) is 0 Å². The van der Waals surface area contributed by atoms with Crippen molar-refractivity contribution < 1.29 is 9.15 Å². The number of hydrogen-bond donors (Lipinski definition) is 2. The number of hydrogen-bond acceptors (Lipinski definition) is 9. The number of benzene rings is 2. The van der Waals surface area contributed by atoms with Crippen LogP contribution in [0.25, 0.3) is 33.5 Å². The standard InChI is InChI=1S/C25H18N8O2/c1-2-16(24-13-27-15-35-24)8-18(3-1)31-25-29-11-17-9-20(21-4-5-30-33-21)23(10-22(17)32-25)34-14-19-12-26-6-7-28-19/h1-13,15H,14H2,(H,30,33)(H,29,31,32). The summed E-state index contributed by atoms with van der Waals surface area (Å²) in [5.41, 5.74) is 4.85. The Bertz CT molecular complexity index is 1570. The van der Waals surface area contributed by atoms with Gasteiger partial charge in [0.1, 0.15) is 12.4 Å². The highest BCUT2D eigenvalue weighted by molar-refractivity contribution is 5.87. The van der Waals surface area contributed by atoms with Gasteiger partial charge in [0.15, 0.2) is 12.2 Å². The average Bonchev–Trinajstić information content (AvgIpc) is 3.63. The van der Waals surface area contributed by atoms with Crippen molar-refractivity contribution >= 4 is 22.5 Å². The molecule has 10 heteroatoms. The van der Waals surface area contributed by atoms with Crippen molar-refractivity contribution in [2.24, 2.45) is 0 Å². The van der Waals surface area contributed by atoms with E-state index in [4.69, 9.17) is 14.1 Å². The Hall–Kier alpha value is -5.12. The molecule has 6 rings (SSSR count). The van der Waals surface area contributed by atoms with Crippen LogP contribution in [0.15, 0.2) is 90.5 Å². The second-order valence-corrected chi connectivity index (χ2v) is 7.63. The number of ether oxygens (including phenoxy) is 1. The van der Waals surface area contributed by atoms with E-state index in [9.17, 15) is 0 Å². The van der Waals surface area contributed by atoms with Crippen LogP contribution in [0.1, 0.15) is 5.69 Å². The van der Waals surface area contributed by atoms with Crippen LogP contribution in [0, 0.1) is 0 Å². The molecule has 35 heavy (non-hydrogen) atoms. The molecule has 0 unspecified atom stereocenters. The second-order valence-electron chi connectivity index (χ2n) is 7.63. The Morgan fingerprint density at radius 2 is 1.94 bits per heavy atom. The lowest BCUT2D eigenvalue weighted by Gasteiger charge is -2.12. The van der Waals surface area contributed by atoms with Gasteiger partial charge in [-0.05, 0) is 24.3 Å². The third-order valence-corrected chi connectivity index (χ3v) is 5.30. The molecule has 6 aromatic rings. The first kappa shape index (κ1) is 20.5. The number of aromatic amines is 1. The number of nitrogens with one attached hydrogen (secondary N) is 2. The number of nitrogens with zero attached hydrogens (tertiary/aromatic N) is 6. The first-order chi connectivity index (χ1) is 17.3. The summed E-state index contributed by atoms with van der Waals surface area (Å²) in [6.07, 6.45) is 11.5. The summed E-state index contributed by atoms with van der Waals surface area (Å²) in [4.78, 5) is 21.6. The van der Waals surface area contributed by atoms with E-state index in [2.05, 4.69) is 35.5 Å².